The molecule has 0 saturated heterocycles. The Morgan fingerprint density at radius 2 is 1.12 bits per heavy atom. The van der Waals surface area contributed by atoms with Crippen LogP contribution in [0.1, 0.15) is 155 Å². The lowest BCUT2D eigenvalue weighted by Crippen LogP contribution is -2.15. The lowest BCUT2D eigenvalue weighted by molar-refractivity contribution is 0.0319. The Kier molecular flexibility index (Phi) is 18.7. The molecule has 3 aromatic rings. The zero-order chi connectivity index (χ0) is 36.0. The van der Waals surface area contributed by atoms with Crippen LogP contribution in [0, 0.1) is 23.5 Å². The van der Waals surface area contributed by atoms with Gasteiger partial charge < -0.3 is 14.2 Å². The predicted octanol–water partition coefficient (Wildman–Crippen LogP) is 11.8. The number of benzene rings is 3. The van der Waals surface area contributed by atoms with Crippen LogP contribution in [0.5, 0.6) is 11.5 Å². The van der Waals surface area contributed by atoms with Gasteiger partial charge in [-0.25, -0.2) is 18.4 Å². The van der Waals surface area contributed by atoms with Gasteiger partial charge in [0.1, 0.15) is 0 Å². The van der Waals surface area contributed by atoms with Crippen LogP contribution in [0.25, 0.3) is 0 Å². The van der Waals surface area contributed by atoms with E-state index in [-0.39, 0.29) is 29.1 Å². The molecule has 0 bridgehead atoms. The second-order valence-corrected chi connectivity index (χ2v) is 13.0. The SMILES string of the molecule is CCCCCCCCCCCCCOc1ccc(C(=O)Oc2ccc(C#Cc3ccc(C(=O)O[C@H](C)CCCCCC)cc3)cc2F)cc1F. The van der Waals surface area contributed by atoms with Gasteiger partial charge in [0.25, 0.3) is 0 Å². The minimum absolute atomic E-state index is 0.0541. The maximum Gasteiger partial charge on any atom is 0.343 e. The first-order valence-electron chi connectivity index (χ1n) is 18.6. The van der Waals surface area contributed by atoms with Gasteiger partial charge in [-0.05, 0) is 86.8 Å². The van der Waals surface area contributed by atoms with Crippen LogP contribution in [-0.4, -0.2) is 24.6 Å². The van der Waals surface area contributed by atoms with Gasteiger partial charge in [-0.1, -0.05) is 109 Å². The molecule has 0 radical (unpaired) electrons. The van der Waals surface area contributed by atoms with Gasteiger partial charge in [0.2, 0.25) is 0 Å². The Bertz CT molecular complexity index is 1520. The molecular weight excluding hydrogens is 634 g/mol. The minimum Gasteiger partial charge on any atom is -0.491 e. The van der Waals surface area contributed by atoms with E-state index in [4.69, 9.17) is 14.2 Å². The fourth-order valence-electron chi connectivity index (χ4n) is 5.52. The van der Waals surface area contributed by atoms with Crippen molar-refractivity contribution < 1.29 is 32.6 Å². The lowest BCUT2D eigenvalue weighted by atomic mass is 10.1. The van der Waals surface area contributed by atoms with E-state index in [0.717, 1.165) is 57.1 Å². The summed E-state index contributed by atoms with van der Waals surface area (Å²) in [5, 5.41) is 0. The molecule has 0 N–H and O–H groups in total. The third kappa shape index (κ3) is 15.2. The van der Waals surface area contributed by atoms with E-state index in [1.807, 2.05) is 6.92 Å². The number of rotatable bonds is 22. The summed E-state index contributed by atoms with van der Waals surface area (Å²) in [4.78, 5) is 25.1. The molecular formula is C43H54F2O5. The van der Waals surface area contributed by atoms with Crippen molar-refractivity contribution in [2.75, 3.05) is 6.61 Å². The molecule has 5 nitrogen and oxygen atoms in total. The molecule has 1 atom stereocenters. The number of ether oxygens (including phenoxy) is 3. The second-order valence-electron chi connectivity index (χ2n) is 13.0. The minimum atomic E-state index is -0.886. The summed E-state index contributed by atoms with van der Waals surface area (Å²) in [6.45, 7) is 6.70. The number of halogens is 2. The molecule has 0 aromatic heterocycles. The Labute approximate surface area is 298 Å². The Morgan fingerprint density at radius 3 is 1.74 bits per heavy atom. The van der Waals surface area contributed by atoms with Crippen LogP contribution in [-0.2, 0) is 4.74 Å². The molecule has 0 aliphatic carbocycles. The standard InChI is InChI=1S/C43H54F2O5/c1-4-6-8-10-11-12-13-14-15-16-18-30-48-40-29-27-37(32-39(40)45)43(47)50-41-28-24-35(31-38(41)44)21-20-34-22-25-36(26-23-34)42(46)49-33(3)19-17-9-7-5-2/h22-29,31-33H,4-19,30H2,1-3H3/t33-/m1/s1. The molecule has 0 heterocycles. The molecule has 0 spiro atoms. The van der Waals surface area contributed by atoms with Crippen LogP contribution in [0.4, 0.5) is 8.78 Å². The number of esters is 2. The summed E-state index contributed by atoms with van der Waals surface area (Å²) < 4.78 is 45.8. The molecule has 0 fully saturated rings. The number of hydrogen-bond donors (Lipinski definition) is 0. The summed E-state index contributed by atoms with van der Waals surface area (Å²) in [7, 11) is 0. The van der Waals surface area contributed by atoms with Crippen molar-refractivity contribution in [3.63, 3.8) is 0 Å². The molecule has 0 saturated carbocycles. The van der Waals surface area contributed by atoms with Crippen molar-refractivity contribution in [1.82, 2.24) is 0 Å². The van der Waals surface area contributed by atoms with E-state index in [0.29, 0.717) is 23.3 Å². The quantitative estimate of drug-likeness (QED) is 0.0455. The van der Waals surface area contributed by atoms with Gasteiger partial charge in [0, 0.05) is 11.1 Å². The Balaban J connectivity index is 1.41. The van der Waals surface area contributed by atoms with Crippen LogP contribution in [0.15, 0.2) is 60.7 Å². The average molecular weight is 689 g/mol. The fraction of sp³-hybridized carbons (Fsp3) is 0.488. The van der Waals surface area contributed by atoms with E-state index >= 15 is 0 Å². The highest BCUT2D eigenvalue weighted by Crippen LogP contribution is 2.23. The third-order valence-corrected chi connectivity index (χ3v) is 8.55. The van der Waals surface area contributed by atoms with Gasteiger partial charge >= 0.3 is 11.9 Å². The zero-order valence-corrected chi connectivity index (χ0v) is 30.2. The van der Waals surface area contributed by atoms with Gasteiger partial charge in [-0.2, -0.15) is 0 Å². The lowest BCUT2D eigenvalue weighted by Gasteiger charge is -2.13. The van der Waals surface area contributed by atoms with Crippen LogP contribution in [0.2, 0.25) is 0 Å². The van der Waals surface area contributed by atoms with Gasteiger partial charge in [-0.15, -0.1) is 0 Å². The monoisotopic (exact) mass is 688 g/mol. The summed E-state index contributed by atoms with van der Waals surface area (Å²) >= 11 is 0. The maximum absolute atomic E-state index is 14.8. The maximum atomic E-state index is 14.8. The second kappa shape index (κ2) is 23.3. The van der Waals surface area contributed by atoms with Crippen LogP contribution < -0.4 is 9.47 Å². The first-order chi connectivity index (χ1) is 24.3. The number of carbonyl (C=O) groups excluding carboxylic acids is 2. The Morgan fingerprint density at radius 1 is 0.600 bits per heavy atom. The summed E-state index contributed by atoms with van der Waals surface area (Å²) in [6, 6.07) is 14.5. The molecule has 270 valence electrons. The molecule has 3 rings (SSSR count). The van der Waals surface area contributed by atoms with E-state index in [1.54, 1.807) is 24.3 Å². The summed E-state index contributed by atoms with van der Waals surface area (Å²) in [5.74, 6) is 2.88. The van der Waals surface area contributed by atoms with Gasteiger partial charge in [0.15, 0.2) is 23.1 Å². The number of hydrogen-bond acceptors (Lipinski definition) is 5. The zero-order valence-electron chi connectivity index (χ0n) is 30.2. The molecule has 0 aliphatic rings. The normalized spacial score (nSPS) is 11.4. The molecule has 0 aliphatic heterocycles. The van der Waals surface area contributed by atoms with E-state index in [2.05, 4.69) is 25.7 Å². The number of unbranched alkanes of at least 4 members (excludes halogenated alkanes) is 13. The first kappa shape index (κ1) is 40.3. The van der Waals surface area contributed by atoms with Crippen molar-refractivity contribution in [2.45, 2.75) is 130 Å². The first-order valence-corrected chi connectivity index (χ1v) is 18.6. The van der Waals surface area contributed by atoms with Crippen molar-refractivity contribution >= 4 is 11.9 Å². The predicted molar refractivity (Wildman–Crippen MR) is 196 cm³/mol. The Hall–Kier alpha value is -4.18. The molecule has 3 aromatic carbocycles. The third-order valence-electron chi connectivity index (χ3n) is 8.55. The largest absolute Gasteiger partial charge is 0.491 e. The molecule has 0 amide bonds. The molecule has 7 heteroatoms. The van der Waals surface area contributed by atoms with Crippen LogP contribution in [0.3, 0.4) is 0 Å². The average Bonchev–Trinajstić information content (AvgIpc) is 3.11. The number of carbonyl (C=O) groups is 2. The van der Waals surface area contributed by atoms with E-state index in [1.165, 1.54) is 82.1 Å². The molecule has 0 unspecified atom stereocenters. The van der Waals surface area contributed by atoms with E-state index in [9.17, 15) is 18.4 Å². The smallest absolute Gasteiger partial charge is 0.343 e. The summed E-state index contributed by atoms with van der Waals surface area (Å²) in [6.07, 6.45) is 18.6. The highest BCUT2D eigenvalue weighted by molar-refractivity contribution is 5.91. The molecule has 50 heavy (non-hydrogen) atoms. The van der Waals surface area contributed by atoms with Crippen molar-refractivity contribution in [3.05, 3.63) is 94.6 Å². The topological polar surface area (TPSA) is 61.8 Å². The van der Waals surface area contributed by atoms with Crippen molar-refractivity contribution in [3.8, 4) is 23.3 Å². The van der Waals surface area contributed by atoms with E-state index < -0.39 is 17.6 Å². The van der Waals surface area contributed by atoms with Crippen molar-refractivity contribution in [1.29, 1.82) is 0 Å². The van der Waals surface area contributed by atoms with Gasteiger partial charge in [-0.3, -0.25) is 0 Å². The van der Waals surface area contributed by atoms with Crippen LogP contribution >= 0.6 is 0 Å². The van der Waals surface area contributed by atoms with Gasteiger partial charge in [0.05, 0.1) is 23.8 Å². The summed E-state index contributed by atoms with van der Waals surface area (Å²) in [5.41, 5.74) is 1.39. The highest BCUT2D eigenvalue weighted by atomic mass is 19.1. The van der Waals surface area contributed by atoms with Crippen molar-refractivity contribution in [2.24, 2.45) is 0 Å². The highest BCUT2D eigenvalue weighted by Gasteiger charge is 2.16. The fourth-order valence-corrected chi connectivity index (χ4v) is 5.52.